The fourth-order valence-corrected chi connectivity index (χ4v) is 5.11. The van der Waals surface area contributed by atoms with Crippen LogP contribution in [0.1, 0.15) is 42.5 Å². The minimum Gasteiger partial charge on any atom is -0.352 e. The van der Waals surface area contributed by atoms with Gasteiger partial charge in [-0.2, -0.15) is 0 Å². The Morgan fingerprint density at radius 3 is 2.00 bits per heavy atom. The Balaban J connectivity index is 2.05. The fourth-order valence-electron chi connectivity index (χ4n) is 4.27. The number of hydrogen-bond donors (Lipinski definition) is 1. The normalized spacial score (nSPS) is 12.8. The Labute approximate surface area is 232 Å². The Morgan fingerprint density at radius 2 is 1.46 bits per heavy atom. The number of carbonyl (C=O) groups excluding carboxylic acids is 2. The van der Waals surface area contributed by atoms with Crippen molar-refractivity contribution in [3.8, 4) is 0 Å². The summed E-state index contributed by atoms with van der Waals surface area (Å²) in [7, 11) is -3.79. The third kappa shape index (κ3) is 8.42. The molecule has 7 nitrogen and oxygen atoms in total. The maximum absolute atomic E-state index is 14.1. The Hall–Kier alpha value is -3.65. The van der Waals surface area contributed by atoms with E-state index in [0.29, 0.717) is 12.1 Å². The van der Waals surface area contributed by atoms with E-state index < -0.39 is 28.5 Å². The van der Waals surface area contributed by atoms with Gasteiger partial charge < -0.3 is 10.2 Å². The molecule has 0 aliphatic heterocycles. The molecule has 0 aliphatic carbocycles. The quantitative estimate of drug-likeness (QED) is 0.357. The summed E-state index contributed by atoms with van der Waals surface area (Å²) in [5.41, 5.74) is 4.11. The van der Waals surface area contributed by atoms with Crippen molar-refractivity contribution >= 4 is 27.5 Å². The van der Waals surface area contributed by atoms with Crippen molar-refractivity contribution < 1.29 is 18.0 Å². The Bertz CT molecular complexity index is 1360. The summed E-state index contributed by atoms with van der Waals surface area (Å²) >= 11 is 0. The first-order valence-electron chi connectivity index (χ1n) is 13.2. The van der Waals surface area contributed by atoms with Crippen LogP contribution >= 0.6 is 0 Å². The number of aryl methyl sites for hydroxylation is 2. The second-order valence-corrected chi connectivity index (χ2v) is 12.0. The van der Waals surface area contributed by atoms with E-state index in [-0.39, 0.29) is 18.5 Å². The van der Waals surface area contributed by atoms with Gasteiger partial charge in [0, 0.05) is 19.0 Å². The van der Waals surface area contributed by atoms with E-state index >= 15 is 0 Å². The monoisotopic (exact) mass is 549 g/mol. The van der Waals surface area contributed by atoms with Crippen LogP contribution in [0.4, 0.5) is 5.69 Å². The number of carbonyl (C=O) groups is 2. The molecule has 0 saturated carbocycles. The lowest BCUT2D eigenvalue weighted by Gasteiger charge is -2.34. The molecule has 0 spiro atoms. The highest BCUT2D eigenvalue weighted by Crippen LogP contribution is 2.23. The van der Waals surface area contributed by atoms with Crippen molar-refractivity contribution in [3.63, 3.8) is 0 Å². The molecule has 2 amide bonds. The molecule has 0 saturated heterocycles. The lowest BCUT2D eigenvalue weighted by Crippen LogP contribution is -2.54. The number of benzene rings is 3. The van der Waals surface area contributed by atoms with E-state index in [2.05, 4.69) is 5.32 Å². The van der Waals surface area contributed by atoms with Crippen LogP contribution in [-0.2, 0) is 32.6 Å². The van der Waals surface area contributed by atoms with E-state index in [1.54, 1.807) is 12.1 Å². The van der Waals surface area contributed by atoms with Crippen molar-refractivity contribution in [1.82, 2.24) is 10.2 Å². The van der Waals surface area contributed by atoms with Gasteiger partial charge in [0.15, 0.2) is 0 Å². The summed E-state index contributed by atoms with van der Waals surface area (Å²) < 4.78 is 26.9. The van der Waals surface area contributed by atoms with E-state index in [0.717, 1.165) is 39.2 Å². The highest BCUT2D eigenvalue weighted by Gasteiger charge is 2.33. The molecule has 0 aliphatic rings. The second kappa shape index (κ2) is 13.4. The van der Waals surface area contributed by atoms with Gasteiger partial charge >= 0.3 is 0 Å². The Kier molecular flexibility index (Phi) is 10.3. The van der Waals surface area contributed by atoms with Crippen LogP contribution in [0.15, 0.2) is 78.9 Å². The van der Waals surface area contributed by atoms with Crippen LogP contribution in [0.3, 0.4) is 0 Å². The number of rotatable bonds is 12. The van der Waals surface area contributed by atoms with Crippen molar-refractivity contribution in [2.75, 3.05) is 17.1 Å². The van der Waals surface area contributed by atoms with Crippen LogP contribution in [0.2, 0.25) is 0 Å². The highest BCUT2D eigenvalue weighted by molar-refractivity contribution is 7.92. The fraction of sp³-hybridized carbons (Fsp3) is 0.355. The smallest absolute Gasteiger partial charge is 0.244 e. The standard InChI is InChI=1S/C31H39N3O4S/c1-6-25(4)32-31(36)29(20-26-13-9-7-10-14-26)33(21-27-15-11-8-12-16-27)30(35)22-34(39(5,37)38)28-18-17-23(2)24(3)19-28/h7-19,25,29H,6,20-22H2,1-5H3,(H,32,36). The molecule has 2 unspecified atom stereocenters. The third-order valence-corrected chi connectivity index (χ3v) is 8.07. The average Bonchev–Trinajstić information content (AvgIpc) is 2.91. The molecule has 3 aromatic rings. The summed E-state index contributed by atoms with van der Waals surface area (Å²) in [4.78, 5) is 29.2. The molecule has 3 rings (SSSR count). The van der Waals surface area contributed by atoms with E-state index in [9.17, 15) is 18.0 Å². The predicted octanol–water partition coefficient (Wildman–Crippen LogP) is 4.62. The summed E-state index contributed by atoms with van der Waals surface area (Å²) in [6, 6.07) is 23.4. The zero-order chi connectivity index (χ0) is 28.6. The molecule has 0 heterocycles. The van der Waals surface area contributed by atoms with Crippen molar-refractivity contribution in [1.29, 1.82) is 0 Å². The van der Waals surface area contributed by atoms with Crippen molar-refractivity contribution in [2.24, 2.45) is 0 Å². The van der Waals surface area contributed by atoms with E-state index in [1.165, 1.54) is 4.90 Å². The van der Waals surface area contributed by atoms with E-state index in [4.69, 9.17) is 0 Å². The summed E-state index contributed by atoms with van der Waals surface area (Å²) in [6.45, 7) is 7.49. The largest absolute Gasteiger partial charge is 0.352 e. The number of sulfonamides is 1. The summed E-state index contributed by atoms with van der Waals surface area (Å²) in [5.74, 6) is -0.725. The van der Waals surface area contributed by atoms with Gasteiger partial charge in [0.05, 0.1) is 11.9 Å². The number of hydrogen-bond acceptors (Lipinski definition) is 4. The minimum atomic E-state index is -3.79. The van der Waals surface area contributed by atoms with Gasteiger partial charge in [-0.25, -0.2) is 8.42 Å². The third-order valence-electron chi connectivity index (χ3n) is 6.93. The molecular formula is C31H39N3O4S. The number of nitrogens with one attached hydrogen (secondary N) is 1. The lowest BCUT2D eigenvalue weighted by atomic mass is 10.0. The maximum Gasteiger partial charge on any atom is 0.244 e. The first-order valence-corrected chi connectivity index (χ1v) is 15.1. The van der Waals surface area contributed by atoms with Gasteiger partial charge in [0.2, 0.25) is 21.8 Å². The molecule has 0 aromatic heterocycles. The van der Waals surface area contributed by atoms with Crippen LogP contribution < -0.4 is 9.62 Å². The maximum atomic E-state index is 14.1. The lowest BCUT2D eigenvalue weighted by molar-refractivity contribution is -0.140. The SMILES string of the molecule is CCC(C)NC(=O)C(Cc1ccccc1)N(Cc1ccccc1)C(=O)CN(c1ccc(C)c(C)c1)S(C)(=O)=O. The van der Waals surface area contributed by atoms with Crippen LogP contribution in [0.25, 0.3) is 0 Å². The molecule has 0 fully saturated rings. The molecule has 39 heavy (non-hydrogen) atoms. The van der Waals surface area contributed by atoms with Crippen LogP contribution in [0.5, 0.6) is 0 Å². The minimum absolute atomic E-state index is 0.0764. The van der Waals surface area contributed by atoms with Gasteiger partial charge in [-0.1, -0.05) is 73.7 Å². The van der Waals surface area contributed by atoms with Crippen molar-refractivity contribution in [3.05, 3.63) is 101 Å². The predicted molar refractivity (Wildman–Crippen MR) is 157 cm³/mol. The number of nitrogens with zero attached hydrogens (tertiary/aromatic N) is 2. The first kappa shape index (κ1) is 29.9. The van der Waals surface area contributed by atoms with Gasteiger partial charge in [0.1, 0.15) is 12.6 Å². The molecule has 208 valence electrons. The van der Waals surface area contributed by atoms with E-state index in [1.807, 2.05) is 94.4 Å². The molecular weight excluding hydrogens is 510 g/mol. The van der Waals surface area contributed by atoms with Gasteiger partial charge in [-0.05, 0) is 61.6 Å². The molecule has 8 heteroatoms. The van der Waals surface area contributed by atoms with Crippen LogP contribution in [0, 0.1) is 13.8 Å². The zero-order valence-corrected chi connectivity index (χ0v) is 24.2. The molecule has 0 radical (unpaired) electrons. The topological polar surface area (TPSA) is 86.8 Å². The average molecular weight is 550 g/mol. The number of amides is 2. The number of anilines is 1. The van der Waals surface area contributed by atoms with Gasteiger partial charge in [0.25, 0.3) is 0 Å². The zero-order valence-electron chi connectivity index (χ0n) is 23.4. The molecule has 0 bridgehead atoms. The molecule has 3 aromatic carbocycles. The molecule has 2 atom stereocenters. The van der Waals surface area contributed by atoms with Crippen molar-refractivity contribution in [2.45, 2.75) is 59.2 Å². The molecule has 1 N–H and O–H groups in total. The Morgan fingerprint density at radius 1 is 0.872 bits per heavy atom. The van der Waals surface area contributed by atoms with Gasteiger partial charge in [-0.15, -0.1) is 0 Å². The second-order valence-electron chi connectivity index (χ2n) is 10.1. The van der Waals surface area contributed by atoms with Gasteiger partial charge in [-0.3, -0.25) is 13.9 Å². The van der Waals surface area contributed by atoms with Crippen LogP contribution in [-0.4, -0.2) is 50.0 Å². The summed E-state index contributed by atoms with van der Waals surface area (Å²) in [5, 5.41) is 3.04. The highest BCUT2D eigenvalue weighted by atomic mass is 32.2. The first-order chi connectivity index (χ1) is 18.5. The summed E-state index contributed by atoms with van der Waals surface area (Å²) in [6.07, 6.45) is 2.13.